The van der Waals surface area contributed by atoms with Crippen LogP contribution in [0.4, 0.5) is 0 Å². The fourth-order valence-electron chi connectivity index (χ4n) is 2.93. The van der Waals surface area contributed by atoms with Crippen LogP contribution in [0.5, 0.6) is 0 Å². The topological polar surface area (TPSA) is 51.2 Å². The Morgan fingerprint density at radius 3 is 2.24 bits per heavy atom. The number of carbonyl (C=O) groups excluding carboxylic acids is 1. The molecular weight excluding hydrogens is 284 g/mol. The Balaban J connectivity index is 2.16. The molecule has 3 nitrogen and oxygen atoms in total. The van der Waals surface area contributed by atoms with Gasteiger partial charge in [-0.1, -0.05) is 48.9 Å². The van der Waals surface area contributed by atoms with Crippen LogP contribution in [0.2, 0.25) is 0 Å². The first kappa shape index (κ1) is 14.0. The SMILES string of the molecule is Cc1ccc(S(=O)(=O)[C@@H]2c3ccccc3C(=O)[C@H]2C)cc1. The number of hydrogen-bond donors (Lipinski definition) is 0. The van der Waals surface area contributed by atoms with Crippen LogP contribution in [0.15, 0.2) is 53.4 Å². The van der Waals surface area contributed by atoms with Gasteiger partial charge >= 0.3 is 0 Å². The molecule has 1 aliphatic carbocycles. The van der Waals surface area contributed by atoms with Crippen LogP contribution < -0.4 is 0 Å². The number of sulfone groups is 1. The molecule has 4 heteroatoms. The first-order valence-electron chi connectivity index (χ1n) is 6.86. The summed E-state index contributed by atoms with van der Waals surface area (Å²) in [6, 6.07) is 13.8. The van der Waals surface area contributed by atoms with Crippen molar-refractivity contribution < 1.29 is 13.2 Å². The summed E-state index contributed by atoms with van der Waals surface area (Å²) >= 11 is 0. The molecule has 108 valence electrons. The van der Waals surface area contributed by atoms with Gasteiger partial charge in [0.05, 0.1) is 4.90 Å². The first-order chi connectivity index (χ1) is 9.93. The van der Waals surface area contributed by atoms with Crippen molar-refractivity contribution >= 4 is 15.6 Å². The molecule has 0 aliphatic heterocycles. The first-order valence-corrected chi connectivity index (χ1v) is 8.41. The number of ketones is 1. The number of hydrogen-bond acceptors (Lipinski definition) is 3. The molecule has 0 saturated carbocycles. The third-order valence-corrected chi connectivity index (χ3v) is 6.34. The van der Waals surface area contributed by atoms with Gasteiger partial charge < -0.3 is 0 Å². The van der Waals surface area contributed by atoms with Crippen molar-refractivity contribution in [2.45, 2.75) is 24.0 Å². The van der Waals surface area contributed by atoms with Crippen LogP contribution in [-0.4, -0.2) is 14.2 Å². The smallest absolute Gasteiger partial charge is 0.186 e. The number of rotatable bonds is 2. The molecule has 1 aliphatic rings. The quantitative estimate of drug-likeness (QED) is 0.854. The number of Topliss-reactive ketones (excluding diaryl/α,β-unsaturated/α-hetero) is 1. The van der Waals surface area contributed by atoms with E-state index in [1.807, 2.05) is 6.92 Å². The van der Waals surface area contributed by atoms with Gasteiger partial charge in [0.15, 0.2) is 15.6 Å². The molecule has 0 fully saturated rings. The third-order valence-electron chi connectivity index (χ3n) is 4.08. The Morgan fingerprint density at radius 2 is 1.57 bits per heavy atom. The predicted molar refractivity (Wildman–Crippen MR) is 81.0 cm³/mol. The van der Waals surface area contributed by atoms with Crippen LogP contribution in [0.25, 0.3) is 0 Å². The maximum Gasteiger partial charge on any atom is 0.186 e. The van der Waals surface area contributed by atoms with Crippen LogP contribution in [0.1, 0.15) is 33.7 Å². The standard InChI is InChI=1S/C17H16O3S/c1-11-7-9-13(10-8-11)21(19,20)17-12(2)16(18)14-5-3-4-6-15(14)17/h3-10,12,17H,1-2H3/t12-,17+/m1/s1. The van der Waals surface area contributed by atoms with E-state index in [1.54, 1.807) is 55.5 Å². The predicted octanol–water partition coefficient (Wildman–Crippen LogP) is 3.34. The zero-order valence-corrected chi connectivity index (χ0v) is 12.7. The van der Waals surface area contributed by atoms with E-state index in [0.717, 1.165) is 5.56 Å². The summed E-state index contributed by atoms with van der Waals surface area (Å²) in [5, 5.41) is -0.788. The minimum atomic E-state index is -3.57. The molecular formula is C17H16O3S. The normalized spacial score (nSPS) is 21.3. The Hall–Kier alpha value is -1.94. The van der Waals surface area contributed by atoms with Crippen LogP contribution >= 0.6 is 0 Å². The lowest BCUT2D eigenvalue weighted by Crippen LogP contribution is -2.19. The van der Waals surface area contributed by atoms with Gasteiger partial charge in [0.25, 0.3) is 0 Å². The Bertz CT molecular complexity index is 804. The number of carbonyl (C=O) groups is 1. The number of benzene rings is 2. The van der Waals surface area contributed by atoms with Gasteiger partial charge in [-0.05, 0) is 24.6 Å². The van der Waals surface area contributed by atoms with Gasteiger partial charge in [-0.25, -0.2) is 8.42 Å². The van der Waals surface area contributed by atoms with Crippen LogP contribution in [0, 0.1) is 12.8 Å². The maximum absolute atomic E-state index is 12.9. The zero-order valence-electron chi connectivity index (χ0n) is 11.9. The van der Waals surface area contributed by atoms with E-state index in [4.69, 9.17) is 0 Å². The molecule has 0 bridgehead atoms. The van der Waals surface area contributed by atoms with Crippen molar-refractivity contribution in [3.8, 4) is 0 Å². The molecule has 0 spiro atoms. The Labute approximate surface area is 124 Å². The van der Waals surface area contributed by atoms with Crippen molar-refractivity contribution in [3.63, 3.8) is 0 Å². The van der Waals surface area contributed by atoms with Gasteiger partial charge in [0.1, 0.15) is 5.25 Å². The van der Waals surface area contributed by atoms with Crippen LogP contribution in [-0.2, 0) is 9.84 Å². The third kappa shape index (κ3) is 2.10. The van der Waals surface area contributed by atoms with Gasteiger partial charge in [0, 0.05) is 11.5 Å². The molecule has 0 unspecified atom stereocenters. The summed E-state index contributed by atoms with van der Waals surface area (Å²) in [6.07, 6.45) is 0. The second kappa shape index (κ2) is 4.81. The molecule has 2 aromatic carbocycles. The van der Waals surface area contributed by atoms with Crippen molar-refractivity contribution in [2.75, 3.05) is 0 Å². The summed E-state index contributed by atoms with van der Waals surface area (Å²) in [5.74, 6) is -0.639. The van der Waals surface area contributed by atoms with Gasteiger partial charge in [0.2, 0.25) is 0 Å². The fourth-order valence-corrected chi connectivity index (χ4v) is 4.94. The van der Waals surface area contributed by atoms with Crippen molar-refractivity contribution in [1.82, 2.24) is 0 Å². The molecule has 3 rings (SSSR count). The summed E-state index contributed by atoms with van der Waals surface area (Å²) < 4.78 is 25.8. The molecule has 21 heavy (non-hydrogen) atoms. The zero-order chi connectivity index (χ0) is 15.2. The van der Waals surface area contributed by atoms with Gasteiger partial charge in [-0.15, -0.1) is 0 Å². The number of fused-ring (bicyclic) bond motifs is 1. The highest BCUT2D eigenvalue weighted by Crippen LogP contribution is 2.43. The van der Waals surface area contributed by atoms with E-state index in [1.165, 1.54) is 0 Å². The second-order valence-corrected chi connectivity index (χ2v) is 7.59. The van der Waals surface area contributed by atoms with E-state index in [2.05, 4.69) is 0 Å². The lowest BCUT2D eigenvalue weighted by molar-refractivity contribution is 0.0943. The summed E-state index contributed by atoms with van der Waals surface area (Å²) in [4.78, 5) is 12.5. The molecule has 0 amide bonds. The highest BCUT2D eigenvalue weighted by Gasteiger charge is 2.44. The summed E-state index contributed by atoms with van der Waals surface area (Å²) in [6.45, 7) is 3.60. The minimum absolute atomic E-state index is 0.0914. The van der Waals surface area contributed by atoms with Crippen LogP contribution in [0.3, 0.4) is 0 Å². The Morgan fingerprint density at radius 1 is 0.952 bits per heavy atom. The molecule has 0 heterocycles. The van der Waals surface area contributed by atoms with E-state index in [0.29, 0.717) is 11.1 Å². The molecule has 2 atom stereocenters. The molecule has 0 saturated heterocycles. The minimum Gasteiger partial charge on any atom is -0.294 e. The maximum atomic E-state index is 12.9. The lowest BCUT2D eigenvalue weighted by Gasteiger charge is -2.17. The molecule has 2 aromatic rings. The van der Waals surface area contributed by atoms with Gasteiger partial charge in [-0.2, -0.15) is 0 Å². The van der Waals surface area contributed by atoms with E-state index in [-0.39, 0.29) is 10.7 Å². The highest BCUT2D eigenvalue weighted by molar-refractivity contribution is 7.91. The van der Waals surface area contributed by atoms with Crippen molar-refractivity contribution in [3.05, 3.63) is 65.2 Å². The largest absolute Gasteiger partial charge is 0.294 e. The molecule has 0 radical (unpaired) electrons. The fraction of sp³-hybridized carbons (Fsp3) is 0.235. The van der Waals surface area contributed by atoms with Gasteiger partial charge in [-0.3, -0.25) is 4.79 Å². The average Bonchev–Trinajstić information content (AvgIpc) is 2.72. The van der Waals surface area contributed by atoms with Crippen molar-refractivity contribution in [2.24, 2.45) is 5.92 Å². The second-order valence-electron chi connectivity index (χ2n) is 5.52. The van der Waals surface area contributed by atoms with E-state index in [9.17, 15) is 13.2 Å². The van der Waals surface area contributed by atoms with Crippen molar-refractivity contribution in [1.29, 1.82) is 0 Å². The van der Waals surface area contributed by atoms with E-state index < -0.39 is 21.0 Å². The highest BCUT2D eigenvalue weighted by atomic mass is 32.2. The summed E-state index contributed by atoms with van der Waals surface area (Å²) in [5.41, 5.74) is 2.16. The summed E-state index contributed by atoms with van der Waals surface area (Å²) in [7, 11) is -3.57. The monoisotopic (exact) mass is 300 g/mol. The Kier molecular flexibility index (Phi) is 3.21. The van der Waals surface area contributed by atoms with E-state index >= 15 is 0 Å². The molecule has 0 N–H and O–H groups in total. The average molecular weight is 300 g/mol. The molecule has 0 aromatic heterocycles. The number of aryl methyl sites for hydroxylation is 1. The lowest BCUT2D eigenvalue weighted by atomic mass is 10.1.